The van der Waals surface area contributed by atoms with Crippen LogP contribution in [0.25, 0.3) is 0 Å². The smallest absolute Gasteiger partial charge is 0.146 e. The summed E-state index contributed by atoms with van der Waals surface area (Å²) in [7, 11) is 0. The van der Waals surface area contributed by atoms with Gasteiger partial charge in [0, 0.05) is 11.1 Å². The molecule has 0 unspecified atom stereocenters. The van der Waals surface area contributed by atoms with Crippen molar-refractivity contribution in [1.82, 2.24) is 0 Å². The molecule has 2 N–H and O–H groups in total. The van der Waals surface area contributed by atoms with Crippen molar-refractivity contribution in [2.24, 2.45) is 5.73 Å². The van der Waals surface area contributed by atoms with E-state index in [2.05, 4.69) is 13.8 Å². The van der Waals surface area contributed by atoms with Gasteiger partial charge in [0.25, 0.3) is 0 Å². The largest absolute Gasteiger partial charge is 0.321 e. The normalized spacial score (nSPS) is 18.6. The minimum Gasteiger partial charge on any atom is -0.321 e. The van der Waals surface area contributed by atoms with Crippen LogP contribution < -0.4 is 5.73 Å². The van der Waals surface area contributed by atoms with Gasteiger partial charge < -0.3 is 5.73 Å². The van der Waals surface area contributed by atoms with Crippen LogP contribution in [0.5, 0.6) is 0 Å². The van der Waals surface area contributed by atoms with Gasteiger partial charge in [-0.15, -0.1) is 0 Å². The average molecular weight is 242 g/mol. The van der Waals surface area contributed by atoms with Gasteiger partial charge in [-0.3, -0.25) is 0 Å². The SMILES string of the molecule is CC(C)c1cc(Cl)c(F)c(C2(N)CCC2)c1. The topological polar surface area (TPSA) is 26.0 Å². The molecule has 0 aliphatic heterocycles. The van der Waals surface area contributed by atoms with E-state index in [4.69, 9.17) is 17.3 Å². The van der Waals surface area contributed by atoms with Crippen LogP contribution in [0.2, 0.25) is 5.02 Å². The maximum atomic E-state index is 13.9. The molecular weight excluding hydrogens is 225 g/mol. The Morgan fingerprint density at radius 2 is 2.00 bits per heavy atom. The molecule has 0 aromatic heterocycles. The van der Waals surface area contributed by atoms with Crippen LogP contribution in [-0.4, -0.2) is 0 Å². The molecule has 1 fully saturated rings. The van der Waals surface area contributed by atoms with Crippen molar-refractivity contribution in [1.29, 1.82) is 0 Å². The van der Waals surface area contributed by atoms with E-state index in [0.717, 1.165) is 24.8 Å². The predicted molar refractivity (Wildman–Crippen MR) is 65.2 cm³/mol. The molecule has 1 aliphatic carbocycles. The third-order valence-corrected chi connectivity index (χ3v) is 3.77. The predicted octanol–water partition coefficient (Wildman–Crippen LogP) is 3.94. The Morgan fingerprint density at radius 1 is 1.38 bits per heavy atom. The second kappa shape index (κ2) is 4.01. The minimum absolute atomic E-state index is 0.193. The molecule has 0 saturated heterocycles. The fourth-order valence-corrected chi connectivity index (χ4v) is 2.36. The molecule has 16 heavy (non-hydrogen) atoms. The summed E-state index contributed by atoms with van der Waals surface area (Å²) in [5.41, 5.74) is 7.32. The van der Waals surface area contributed by atoms with Crippen molar-refractivity contribution in [3.05, 3.63) is 34.1 Å². The summed E-state index contributed by atoms with van der Waals surface area (Å²) in [5, 5.41) is 0.193. The summed E-state index contributed by atoms with van der Waals surface area (Å²) < 4.78 is 13.9. The average Bonchev–Trinajstić information content (AvgIpc) is 2.18. The summed E-state index contributed by atoms with van der Waals surface area (Å²) in [6.07, 6.45) is 2.77. The van der Waals surface area contributed by atoms with Gasteiger partial charge in [0.1, 0.15) is 5.82 Å². The maximum absolute atomic E-state index is 13.9. The summed E-state index contributed by atoms with van der Waals surface area (Å²) in [5.74, 6) is -0.00575. The van der Waals surface area contributed by atoms with Crippen LogP contribution in [0.4, 0.5) is 4.39 Å². The zero-order chi connectivity index (χ0) is 11.9. The highest BCUT2D eigenvalue weighted by Crippen LogP contribution is 2.42. The molecule has 0 heterocycles. The lowest BCUT2D eigenvalue weighted by Crippen LogP contribution is -2.44. The van der Waals surface area contributed by atoms with Crippen LogP contribution >= 0.6 is 11.6 Å². The van der Waals surface area contributed by atoms with Crippen molar-refractivity contribution in [3.8, 4) is 0 Å². The van der Waals surface area contributed by atoms with E-state index in [9.17, 15) is 4.39 Å². The first-order chi connectivity index (χ1) is 7.44. The zero-order valence-electron chi connectivity index (χ0n) is 9.69. The van der Waals surface area contributed by atoms with Gasteiger partial charge in [0.15, 0.2) is 0 Å². The van der Waals surface area contributed by atoms with Gasteiger partial charge in [-0.2, -0.15) is 0 Å². The van der Waals surface area contributed by atoms with E-state index in [-0.39, 0.29) is 10.8 Å². The van der Waals surface area contributed by atoms with Crippen molar-refractivity contribution in [2.75, 3.05) is 0 Å². The molecule has 0 amide bonds. The van der Waals surface area contributed by atoms with E-state index in [1.807, 2.05) is 6.07 Å². The Balaban J connectivity index is 2.51. The first-order valence-electron chi connectivity index (χ1n) is 5.72. The Kier molecular flexibility index (Phi) is 2.97. The Bertz CT molecular complexity index is 411. The van der Waals surface area contributed by atoms with Crippen molar-refractivity contribution in [3.63, 3.8) is 0 Å². The monoisotopic (exact) mass is 241 g/mol. The van der Waals surface area contributed by atoms with Gasteiger partial charge in [-0.1, -0.05) is 31.5 Å². The molecule has 1 saturated carbocycles. The lowest BCUT2D eigenvalue weighted by molar-refractivity contribution is 0.245. The molecule has 0 spiro atoms. The van der Waals surface area contributed by atoms with Crippen LogP contribution in [0.1, 0.15) is 50.2 Å². The summed E-state index contributed by atoms with van der Waals surface area (Å²) in [6, 6.07) is 3.58. The summed E-state index contributed by atoms with van der Waals surface area (Å²) >= 11 is 5.92. The second-order valence-corrected chi connectivity index (χ2v) is 5.44. The van der Waals surface area contributed by atoms with Crippen molar-refractivity contribution in [2.45, 2.75) is 44.6 Å². The van der Waals surface area contributed by atoms with Gasteiger partial charge >= 0.3 is 0 Å². The molecule has 1 nitrogen and oxygen atoms in total. The molecule has 1 aromatic carbocycles. The first-order valence-corrected chi connectivity index (χ1v) is 6.10. The zero-order valence-corrected chi connectivity index (χ0v) is 10.4. The third-order valence-electron chi connectivity index (χ3n) is 3.50. The lowest BCUT2D eigenvalue weighted by atomic mass is 9.72. The van der Waals surface area contributed by atoms with Crippen LogP contribution in [0, 0.1) is 5.82 Å². The molecule has 1 aromatic rings. The van der Waals surface area contributed by atoms with E-state index >= 15 is 0 Å². The van der Waals surface area contributed by atoms with E-state index in [1.165, 1.54) is 0 Å². The third kappa shape index (κ3) is 1.85. The molecule has 0 atom stereocenters. The number of hydrogen-bond acceptors (Lipinski definition) is 1. The summed E-state index contributed by atoms with van der Waals surface area (Å²) in [4.78, 5) is 0. The van der Waals surface area contributed by atoms with E-state index in [0.29, 0.717) is 11.5 Å². The number of rotatable bonds is 2. The first kappa shape index (κ1) is 11.9. The van der Waals surface area contributed by atoms with Gasteiger partial charge in [-0.25, -0.2) is 4.39 Å². The van der Waals surface area contributed by atoms with E-state index < -0.39 is 5.54 Å². The number of benzene rings is 1. The van der Waals surface area contributed by atoms with Crippen molar-refractivity contribution < 1.29 is 4.39 Å². The fourth-order valence-electron chi connectivity index (χ4n) is 2.13. The second-order valence-electron chi connectivity index (χ2n) is 5.03. The molecule has 88 valence electrons. The molecule has 3 heteroatoms. The fraction of sp³-hybridized carbons (Fsp3) is 0.538. The van der Waals surface area contributed by atoms with Gasteiger partial charge in [0.2, 0.25) is 0 Å². The standard InChI is InChI=1S/C13H17ClFN/c1-8(2)9-6-10(12(15)11(14)7-9)13(16)4-3-5-13/h6-8H,3-5,16H2,1-2H3. The van der Waals surface area contributed by atoms with Crippen LogP contribution in [0.3, 0.4) is 0 Å². The molecule has 1 aliphatic rings. The van der Waals surface area contributed by atoms with Crippen LogP contribution in [0.15, 0.2) is 12.1 Å². The highest BCUT2D eigenvalue weighted by atomic mass is 35.5. The Hall–Kier alpha value is -0.600. The van der Waals surface area contributed by atoms with Gasteiger partial charge in [0.05, 0.1) is 5.02 Å². The van der Waals surface area contributed by atoms with E-state index in [1.54, 1.807) is 6.07 Å². The number of hydrogen-bond donors (Lipinski definition) is 1. The number of halogens is 2. The van der Waals surface area contributed by atoms with Crippen LogP contribution in [-0.2, 0) is 5.54 Å². The summed E-state index contributed by atoms with van der Waals surface area (Å²) in [6.45, 7) is 4.13. The highest BCUT2D eigenvalue weighted by molar-refractivity contribution is 6.30. The van der Waals surface area contributed by atoms with Gasteiger partial charge in [-0.05, 0) is 36.8 Å². The Morgan fingerprint density at radius 3 is 2.44 bits per heavy atom. The molecule has 0 bridgehead atoms. The highest BCUT2D eigenvalue weighted by Gasteiger charge is 2.37. The lowest BCUT2D eigenvalue weighted by Gasteiger charge is -2.39. The Labute approximate surface area is 101 Å². The minimum atomic E-state index is -0.487. The molecule has 0 radical (unpaired) electrons. The quantitative estimate of drug-likeness (QED) is 0.834. The maximum Gasteiger partial charge on any atom is 0.146 e. The molecule has 2 rings (SSSR count). The van der Waals surface area contributed by atoms with Crippen molar-refractivity contribution >= 4 is 11.6 Å². The number of nitrogens with two attached hydrogens (primary N) is 1. The molecular formula is C13H17ClFN.